The van der Waals surface area contributed by atoms with Crippen molar-refractivity contribution in [2.75, 3.05) is 12.4 Å². The molecule has 0 spiro atoms. The molecular formula is C35H40ClF2N3O3. The minimum Gasteiger partial charge on any atom is -0.495 e. The summed E-state index contributed by atoms with van der Waals surface area (Å²) < 4.78 is 37.1. The van der Waals surface area contributed by atoms with Crippen LogP contribution in [-0.4, -0.2) is 30.9 Å². The lowest BCUT2D eigenvalue weighted by Crippen LogP contribution is -2.45. The van der Waals surface area contributed by atoms with Gasteiger partial charge in [0.15, 0.2) is 5.78 Å². The predicted octanol–water partition coefficient (Wildman–Crippen LogP) is 8.12. The molecule has 4 atom stereocenters. The Kier molecular flexibility index (Phi) is 10.9. The zero-order valence-corrected chi connectivity index (χ0v) is 27.2. The van der Waals surface area contributed by atoms with Crippen LogP contribution in [0.3, 0.4) is 0 Å². The number of aryl methyl sites for hydroxylation is 1. The second kappa shape index (κ2) is 13.9. The molecule has 1 saturated heterocycles. The summed E-state index contributed by atoms with van der Waals surface area (Å²) in [5.74, 6) is -3.08. The van der Waals surface area contributed by atoms with Crippen molar-refractivity contribution in [1.29, 1.82) is 5.26 Å². The molecule has 6 nitrogen and oxygen atoms in total. The van der Waals surface area contributed by atoms with Crippen LogP contribution in [0.1, 0.15) is 80.9 Å². The largest absolute Gasteiger partial charge is 0.495 e. The van der Waals surface area contributed by atoms with Gasteiger partial charge in [-0.3, -0.25) is 9.59 Å². The van der Waals surface area contributed by atoms with Gasteiger partial charge in [0.2, 0.25) is 5.91 Å². The van der Waals surface area contributed by atoms with Gasteiger partial charge in [0.1, 0.15) is 22.8 Å². The minimum absolute atomic E-state index is 0.0203. The van der Waals surface area contributed by atoms with Crippen molar-refractivity contribution in [3.05, 3.63) is 93.5 Å². The van der Waals surface area contributed by atoms with E-state index < -0.39 is 41.0 Å². The molecule has 1 heterocycles. The molecule has 4 rings (SSSR count). The molecule has 1 aliphatic heterocycles. The van der Waals surface area contributed by atoms with Crippen molar-refractivity contribution in [3.63, 3.8) is 0 Å². The van der Waals surface area contributed by atoms with Crippen molar-refractivity contribution in [2.45, 2.75) is 78.3 Å². The van der Waals surface area contributed by atoms with Crippen LogP contribution in [0, 0.1) is 35.3 Å². The molecule has 0 radical (unpaired) electrons. The van der Waals surface area contributed by atoms with E-state index in [-0.39, 0.29) is 38.8 Å². The average molecular weight is 624 g/mol. The highest BCUT2D eigenvalue weighted by atomic mass is 35.5. The van der Waals surface area contributed by atoms with E-state index in [0.717, 1.165) is 0 Å². The lowest BCUT2D eigenvalue weighted by atomic mass is 9.62. The SMILES string of the molecule is CC.COc1cc(C(C)=O)ccc1NC(=O)[C@@H]1NC(CC(C)(C)C)[C@](C#N)(c2ccc(C)cc2F)C1c1cccc(Cl)c1F. The van der Waals surface area contributed by atoms with Gasteiger partial charge in [0.05, 0.1) is 29.9 Å². The van der Waals surface area contributed by atoms with Crippen LogP contribution in [0.25, 0.3) is 0 Å². The van der Waals surface area contributed by atoms with Crippen LogP contribution in [0.4, 0.5) is 14.5 Å². The Hall–Kier alpha value is -3.80. The number of rotatable bonds is 7. The summed E-state index contributed by atoms with van der Waals surface area (Å²) in [5.41, 5.74) is -0.624. The molecule has 0 aliphatic carbocycles. The van der Waals surface area contributed by atoms with Gasteiger partial charge >= 0.3 is 0 Å². The van der Waals surface area contributed by atoms with Gasteiger partial charge in [-0.1, -0.05) is 70.5 Å². The number of carbonyl (C=O) groups excluding carboxylic acids is 2. The van der Waals surface area contributed by atoms with Gasteiger partial charge < -0.3 is 15.4 Å². The Bertz CT molecular complexity index is 1580. The molecule has 1 amide bonds. The number of nitrogens with one attached hydrogen (secondary N) is 2. The normalized spacial score (nSPS) is 21.1. The second-order valence-electron chi connectivity index (χ2n) is 12.0. The highest BCUT2D eigenvalue weighted by Gasteiger charge is 2.61. The van der Waals surface area contributed by atoms with Crippen LogP contribution in [0.2, 0.25) is 5.02 Å². The summed E-state index contributed by atoms with van der Waals surface area (Å²) in [7, 11) is 1.41. The number of ether oxygens (including phenoxy) is 1. The number of methoxy groups -OCH3 is 1. The van der Waals surface area contributed by atoms with E-state index >= 15 is 8.78 Å². The number of benzene rings is 3. The lowest BCUT2D eigenvalue weighted by Gasteiger charge is -2.37. The number of anilines is 1. The first-order chi connectivity index (χ1) is 20.7. The van der Waals surface area contributed by atoms with E-state index in [0.29, 0.717) is 17.5 Å². The molecule has 3 aromatic rings. The summed E-state index contributed by atoms with van der Waals surface area (Å²) in [6, 6.07) is 14.0. The predicted molar refractivity (Wildman–Crippen MR) is 170 cm³/mol. The Balaban J connectivity index is 0.00000259. The molecule has 2 N–H and O–H groups in total. The molecule has 0 bridgehead atoms. The van der Waals surface area contributed by atoms with Crippen molar-refractivity contribution in [2.24, 2.45) is 5.41 Å². The molecule has 3 aromatic carbocycles. The van der Waals surface area contributed by atoms with Crippen molar-refractivity contribution in [1.82, 2.24) is 5.32 Å². The Morgan fingerprint density at radius 3 is 2.36 bits per heavy atom. The smallest absolute Gasteiger partial charge is 0.242 e. The maximum Gasteiger partial charge on any atom is 0.242 e. The fourth-order valence-electron chi connectivity index (χ4n) is 5.91. The maximum atomic E-state index is 15.8. The fraction of sp³-hybridized carbons (Fsp3) is 0.400. The summed E-state index contributed by atoms with van der Waals surface area (Å²) in [4.78, 5) is 26.0. The third kappa shape index (κ3) is 6.80. The van der Waals surface area contributed by atoms with Crippen LogP contribution in [0.5, 0.6) is 5.75 Å². The van der Waals surface area contributed by atoms with Crippen molar-refractivity contribution in [3.8, 4) is 11.8 Å². The Morgan fingerprint density at radius 1 is 1.11 bits per heavy atom. The van der Waals surface area contributed by atoms with E-state index in [1.807, 2.05) is 34.6 Å². The van der Waals surface area contributed by atoms with Crippen molar-refractivity contribution < 1.29 is 23.1 Å². The minimum atomic E-state index is -1.69. The fourth-order valence-corrected chi connectivity index (χ4v) is 6.09. The van der Waals surface area contributed by atoms with Gasteiger partial charge in [-0.15, -0.1) is 0 Å². The van der Waals surface area contributed by atoms with Crippen LogP contribution in [0.15, 0.2) is 54.6 Å². The van der Waals surface area contributed by atoms with Gasteiger partial charge in [-0.2, -0.15) is 5.26 Å². The van der Waals surface area contributed by atoms with E-state index in [2.05, 4.69) is 16.7 Å². The second-order valence-corrected chi connectivity index (χ2v) is 12.4. The van der Waals surface area contributed by atoms with E-state index in [1.54, 1.807) is 37.3 Å². The van der Waals surface area contributed by atoms with Crippen molar-refractivity contribution >= 4 is 29.0 Å². The zero-order chi connectivity index (χ0) is 33.0. The zero-order valence-electron chi connectivity index (χ0n) is 26.4. The highest BCUT2D eigenvalue weighted by Crippen LogP contribution is 2.52. The Morgan fingerprint density at radius 2 is 1.80 bits per heavy atom. The number of nitriles is 1. The summed E-state index contributed by atoms with van der Waals surface area (Å²) in [6.45, 7) is 13.1. The number of hydrogen-bond donors (Lipinski definition) is 2. The standard InChI is InChI=1S/C33H34ClF2N3O3.C2H6/c1-18-10-12-22(24(35)14-18)33(17-37)27(16-32(3,4)5)39-30(28(33)21-8-7-9-23(34)29(21)36)31(41)38-25-13-11-20(19(2)40)15-26(25)42-6;1-2/h7-15,27-28,30,39H,16H2,1-6H3,(H,38,41);1-2H3/t27?,28?,30-,33+;/m1./s1. The number of hydrogen-bond acceptors (Lipinski definition) is 5. The summed E-state index contributed by atoms with van der Waals surface area (Å²) in [5, 5.41) is 16.9. The molecule has 44 heavy (non-hydrogen) atoms. The molecule has 0 aromatic heterocycles. The summed E-state index contributed by atoms with van der Waals surface area (Å²) >= 11 is 6.21. The number of Topliss-reactive ketones (excluding diaryl/α,β-unsaturated/α-hetero) is 1. The Labute approximate surface area is 263 Å². The molecule has 9 heteroatoms. The number of nitrogens with zero attached hydrogens (tertiary/aromatic N) is 1. The maximum absolute atomic E-state index is 15.8. The first-order valence-corrected chi connectivity index (χ1v) is 15.0. The lowest BCUT2D eigenvalue weighted by molar-refractivity contribution is -0.118. The quantitative estimate of drug-likeness (QED) is 0.259. The highest BCUT2D eigenvalue weighted by molar-refractivity contribution is 6.30. The van der Waals surface area contributed by atoms with E-state index in [1.165, 1.54) is 38.3 Å². The van der Waals surface area contributed by atoms with Crippen LogP contribution >= 0.6 is 11.6 Å². The first kappa shape index (κ1) is 34.7. The third-order valence-electron chi connectivity index (χ3n) is 7.79. The average Bonchev–Trinajstić information content (AvgIpc) is 3.28. The van der Waals surface area contributed by atoms with E-state index in [4.69, 9.17) is 16.3 Å². The number of amides is 1. The number of halogens is 3. The van der Waals surface area contributed by atoms with Gasteiger partial charge in [-0.25, -0.2) is 8.78 Å². The molecule has 2 unspecified atom stereocenters. The van der Waals surface area contributed by atoms with E-state index in [9.17, 15) is 14.9 Å². The van der Waals surface area contributed by atoms with Gasteiger partial charge in [-0.05, 0) is 67.1 Å². The monoisotopic (exact) mass is 623 g/mol. The van der Waals surface area contributed by atoms with Gasteiger partial charge in [0.25, 0.3) is 0 Å². The molecular weight excluding hydrogens is 584 g/mol. The van der Waals surface area contributed by atoms with Gasteiger partial charge in [0, 0.05) is 23.1 Å². The molecule has 0 saturated carbocycles. The topological polar surface area (TPSA) is 91.2 Å². The first-order valence-electron chi connectivity index (χ1n) is 14.6. The number of ketones is 1. The van der Waals surface area contributed by atoms with Crippen LogP contribution < -0.4 is 15.4 Å². The molecule has 1 aliphatic rings. The third-order valence-corrected chi connectivity index (χ3v) is 8.08. The van der Waals surface area contributed by atoms with Crippen LogP contribution in [-0.2, 0) is 10.2 Å². The molecule has 1 fully saturated rings. The number of carbonyl (C=O) groups is 2. The molecule has 234 valence electrons. The summed E-state index contributed by atoms with van der Waals surface area (Å²) in [6.07, 6.45) is 0.368.